The van der Waals surface area contributed by atoms with E-state index >= 15 is 0 Å². The van der Waals surface area contributed by atoms with Gasteiger partial charge in [-0.25, -0.2) is 0 Å². The molecule has 2 nitrogen and oxygen atoms in total. The summed E-state index contributed by atoms with van der Waals surface area (Å²) in [6.07, 6.45) is 1.78. The third kappa shape index (κ3) is 1.59. The molecule has 18 heavy (non-hydrogen) atoms. The van der Waals surface area contributed by atoms with Crippen molar-refractivity contribution in [2.24, 2.45) is 0 Å². The first kappa shape index (κ1) is 11.2. The van der Waals surface area contributed by atoms with Crippen molar-refractivity contribution in [1.82, 2.24) is 4.90 Å². The van der Waals surface area contributed by atoms with Crippen LogP contribution in [0.25, 0.3) is 0 Å². The van der Waals surface area contributed by atoms with E-state index < -0.39 is 0 Å². The second kappa shape index (κ2) is 4.42. The molecule has 0 radical (unpaired) electrons. The smallest absolute Gasteiger partial charge is 0.255 e. The molecule has 0 saturated carbocycles. The lowest BCUT2D eigenvalue weighted by Crippen LogP contribution is -2.28. The third-order valence-electron chi connectivity index (χ3n) is 3.20. The summed E-state index contributed by atoms with van der Waals surface area (Å²) in [4.78, 5) is 15.5. The van der Waals surface area contributed by atoms with E-state index in [1.807, 2.05) is 40.6 Å². The van der Waals surface area contributed by atoms with Crippen molar-refractivity contribution in [2.45, 2.75) is 6.04 Å². The van der Waals surface area contributed by atoms with Crippen LogP contribution in [0.1, 0.15) is 26.8 Å². The highest BCUT2D eigenvalue weighted by Gasteiger charge is 2.36. The van der Waals surface area contributed by atoms with E-state index in [-0.39, 0.29) is 11.9 Å². The van der Waals surface area contributed by atoms with Gasteiger partial charge in [-0.3, -0.25) is 4.79 Å². The zero-order valence-corrected chi connectivity index (χ0v) is 10.7. The second-order valence-electron chi connectivity index (χ2n) is 4.25. The van der Waals surface area contributed by atoms with Crippen molar-refractivity contribution < 1.29 is 4.79 Å². The van der Waals surface area contributed by atoms with Crippen molar-refractivity contribution in [3.8, 4) is 0 Å². The summed E-state index contributed by atoms with van der Waals surface area (Å²) in [7, 11) is 0. The fraction of sp³-hybridized carbons (Fsp3) is 0.133. The van der Waals surface area contributed by atoms with Crippen LogP contribution in [0.5, 0.6) is 0 Å². The van der Waals surface area contributed by atoms with Crippen molar-refractivity contribution in [1.29, 1.82) is 0 Å². The Labute approximate surface area is 110 Å². The zero-order chi connectivity index (χ0) is 12.5. The molecule has 0 fully saturated rings. The second-order valence-corrected chi connectivity index (χ2v) is 5.23. The molecule has 0 N–H and O–H groups in total. The molecule has 1 amide bonds. The Morgan fingerprint density at radius 3 is 2.83 bits per heavy atom. The van der Waals surface area contributed by atoms with Crippen LogP contribution in [0.3, 0.4) is 0 Å². The Balaban J connectivity index is 2.13. The number of thiophene rings is 1. The van der Waals surface area contributed by atoms with Gasteiger partial charge >= 0.3 is 0 Å². The first-order valence-corrected chi connectivity index (χ1v) is 6.75. The summed E-state index contributed by atoms with van der Waals surface area (Å²) in [6, 6.07) is 12.0. The fourth-order valence-electron chi connectivity index (χ4n) is 2.45. The number of fused-ring (bicyclic) bond motifs is 1. The Hall–Kier alpha value is -1.87. The van der Waals surface area contributed by atoms with E-state index in [0.29, 0.717) is 6.54 Å². The summed E-state index contributed by atoms with van der Waals surface area (Å²) in [5.41, 5.74) is 1.92. The standard InChI is InChI=1S/C15H13NOS/c1-2-9-16-14(13-8-5-10-18-13)11-6-3-4-7-12(11)15(16)17/h2-8,10,14H,1,9H2/t14-/m0/s1. The largest absolute Gasteiger partial charge is 0.323 e. The molecule has 3 rings (SSSR count). The third-order valence-corrected chi connectivity index (χ3v) is 4.12. The van der Waals surface area contributed by atoms with Gasteiger partial charge in [0.05, 0.1) is 6.04 Å². The van der Waals surface area contributed by atoms with Gasteiger partial charge in [0.25, 0.3) is 5.91 Å². The first-order chi connectivity index (χ1) is 8.83. The maximum Gasteiger partial charge on any atom is 0.255 e. The van der Waals surface area contributed by atoms with Gasteiger partial charge in [0.2, 0.25) is 0 Å². The number of hydrogen-bond donors (Lipinski definition) is 0. The van der Waals surface area contributed by atoms with Crippen molar-refractivity contribution in [3.63, 3.8) is 0 Å². The van der Waals surface area contributed by atoms with E-state index in [2.05, 4.69) is 12.6 Å². The molecule has 0 bridgehead atoms. The molecule has 2 aromatic rings. The summed E-state index contributed by atoms with van der Waals surface area (Å²) in [5.74, 6) is 0.101. The van der Waals surface area contributed by atoms with Gasteiger partial charge in [-0.1, -0.05) is 30.3 Å². The van der Waals surface area contributed by atoms with Crippen molar-refractivity contribution in [2.75, 3.05) is 6.54 Å². The van der Waals surface area contributed by atoms with Gasteiger partial charge in [-0.05, 0) is 23.1 Å². The molecule has 0 spiro atoms. The normalized spacial score (nSPS) is 17.9. The van der Waals surface area contributed by atoms with Gasteiger partial charge in [0.15, 0.2) is 0 Å². The molecule has 1 aromatic carbocycles. The molecule has 90 valence electrons. The molecule has 0 unspecified atom stereocenters. The lowest BCUT2D eigenvalue weighted by atomic mass is 10.0. The average molecular weight is 255 g/mol. The maximum atomic E-state index is 12.4. The Kier molecular flexibility index (Phi) is 2.76. The van der Waals surface area contributed by atoms with E-state index in [1.54, 1.807) is 17.4 Å². The van der Waals surface area contributed by atoms with Crippen LogP contribution in [-0.2, 0) is 0 Å². The highest BCUT2D eigenvalue weighted by Crippen LogP contribution is 2.39. The van der Waals surface area contributed by atoms with Crippen molar-refractivity contribution in [3.05, 3.63) is 70.4 Å². The number of carbonyl (C=O) groups excluding carboxylic acids is 1. The molecule has 1 aliphatic heterocycles. The molecule has 3 heteroatoms. The molecule has 1 aliphatic rings. The number of hydrogen-bond acceptors (Lipinski definition) is 2. The highest BCUT2D eigenvalue weighted by atomic mass is 32.1. The number of amides is 1. The van der Waals surface area contributed by atoms with Crippen LogP contribution in [0.15, 0.2) is 54.4 Å². The van der Waals surface area contributed by atoms with Gasteiger partial charge in [-0.2, -0.15) is 0 Å². The molecule has 0 saturated heterocycles. The molecule has 1 atom stereocenters. The van der Waals surface area contributed by atoms with Gasteiger partial charge in [0, 0.05) is 17.0 Å². The van der Waals surface area contributed by atoms with Gasteiger partial charge in [-0.15, -0.1) is 17.9 Å². The quantitative estimate of drug-likeness (QED) is 0.769. The SMILES string of the molecule is C=CCN1C(=O)c2ccccc2[C@H]1c1cccs1. The minimum absolute atomic E-state index is 0.0479. The fourth-order valence-corrected chi connectivity index (χ4v) is 3.31. The summed E-state index contributed by atoms with van der Waals surface area (Å²) in [6.45, 7) is 4.33. The van der Waals surface area contributed by atoms with Crippen LogP contribution in [0, 0.1) is 0 Å². The van der Waals surface area contributed by atoms with Crippen LogP contribution in [0.4, 0.5) is 0 Å². The number of benzene rings is 1. The molecule has 1 aromatic heterocycles. The van der Waals surface area contributed by atoms with E-state index in [4.69, 9.17) is 0 Å². The zero-order valence-electron chi connectivity index (χ0n) is 9.87. The lowest BCUT2D eigenvalue weighted by molar-refractivity contribution is 0.0772. The van der Waals surface area contributed by atoms with Crippen LogP contribution in [0.2, 0.25) is 0 Å². The highest BCUT2D eigenvalue weighted by molar-refractivity contribution is 7.10. The predicted octanol–water partition coefficient (Wildman–Crippen LogP) is 3.48. The van der Waals surface area contributed by atoms with Gasteiger partial charge < -0.3 is 4.90 Å². The van der Waals surface area contributed by atoms with Crippen LogP contribution >= 0.6 is 11.3 Å². The number of nitrogens with zero attached hydrogens (tertiary/aromatic N) is 1. The molecule has 2 heterocycles. The number of rotatable bonds is 3. The first-order valence-electron chi connectivity index (χ1n) is 5.87. The summed E-state index contributed by atoms with van der Waals surface area (Å²) >= 11 is 1.69. The maximum absolute atomic E-state index is 12.4. The monoisotopic (exact) mass is 255 g/mol. The minimum Gasteiger partial charge on any atom is -0.323 e. The van der Waals surface area contributed by atoms with E-state index in [0.717, 1.165) is 11.1 Å². The molecular formula is C15H13NOS. The summed E-state index contributed by atoms with van der Waals surface area (Å²) in [5, 5.41) is 2.05. The Bertz CT molecular complexity index is 588. The van der Waals surface area contributed by atoms with E-state index in [1.165, 1.54) is 4.88 Å². The van der Waals surface area contributed by atoms with Gasteiger partial charge in [0.1, 0.15) is 0 Å². The Morgan fingerprint density at radius 2 is 2.11 bits per heavy atom. The van der Waals surface area contributed by atoms with E-state index in [9.17, 15) is 4.79 Å². The molecular weight excluding hydrogens is 242 g/mol. The minimum atomic E-state index is 0.0479. The predicted molar refractivity (Wildman–Crippen MR) is 73.8 cm³/mol. The average Bonchev–Trinajstić information content (AvgIpc) is 2.99. The Morgan fingerprint density at radius 1 is 1.28 bits per heavy atom. The van der Waals surface area contributed by atoms with Crippen LogP contribution in [-0.4, -0.2) is 17.4 Å². The number of carbonyl (C=O) groups is 1. The topological polar surface area (TPSA) is 20.3 Å². The van der Waals surface area contributed by atoms with Crippen LogP contribution < -0.4 is 0 Å². The molecule has 0 aliphatic carbocycles. The van der Waals surface area contributed by atoms with Crippen molar-refractivity contribution >= 4 is 17.2 Å². The summed E-state index contributed by atoms with van der Waals surface area (Å²) < 4.78 is 0. The lowest BCUT2D eigenvalue weighted by Gasteiger charge is -2.23.